The van der Waals surface area contributed by atoms with Crippen LogP contribution in [0, 0.1) is 0 Å². The molecule has 0 bridgehead atoms. The molecular weight excluding hydrogens is 422 g/mol. The Kier molecular flexibility index (Phi) is 7.41. The number of hydrogen-bond donors (Lipinski definition) is 0. The summed E-state index contributed by atoms with van der Waals surface area (Å²) in [6, 6.07) is 36.2. The van der Waals surface area contributed by atoms with Crippen molar-refractivity contribution < 1.29 is 14.3 Å². The fraction of sp³-hybridized carbons (Fsp3) is 0.100. The van der Waals surface area contributed by atoms with E-state index in [9.17, 15) is 4.79 Å². The van der Waals surface area contributed by atoms with E-state index in [1.54, 1.807) is 19.1 Å². The predicted octanol–water partition coefficient (Wildman–Crippen LogP) is 7.26. The SMILES string of the molecule is C=C(C)C(=O)Oc1ccc(CCOc2ccc(N(c3ccccc3)c3ccccc3)cc2)cc1. The first-order valence-electron chi connectivity index (χ1n) is 11.2. The second kappa shape index (κ2) is 11.0. The molecule has 0 aliphatic heterocycles. The first-order valence-corrected chi connectivity index (χ1v) is 11.2. The first-order chi connectivity index (χ1) is 16.6. The van der Waals surface area contributed by atoms with Crippen LogP contribution in [0.1, 0.15) is 12.5 Å². The van der Waals surface area contributed by atoms with E-state index in [0.717, 1.165) is 34.8 Å². The van der Waals surface area contributed by atoms with Crippen LogP contribution in [0.2, 0.25) is 0 Å². The Morgan fingerprint density at radius 3 is 1.74 bits per heavy atom. The van der Waals surface area contributed by atoms with Gasteiger partial charge >= 0.3 is 5.97 Å². The van der Waals surface area contributed by atoms with E-state index >= 15 is 0 Å². The minimum absolute atomic E-state index is 0.374. The number of carbonyl (C=O) groups excluding carboxylic acids is 1. The molecule has 0 radical (unpaired) electrons. The van der Waals surface area contributed by atoms with Gasteiger partial charge in [-0.25, -0.2) is 4.79 Å². The Balaban J connectivity index is 1.38. The van der Waals surface area contributed by atoms with Gasteiger partial charge in [-0.1, -0.05) is 55.1 Å². The van der Waals surface area contributed by atoms with Crippen molar-refractivity contribution in [3.05, 3.63) is 127 Å². The van der Waals surface area contributed by atoms with E-state index in [0.29, 0.717) is 17.9 Å². The van der Waals surface area contributed by atoms with Crippen LogP contribution in [0.15, 0.2) is 121 Å². The molecule has 0 saturated heterocycles. The Labute approximate surface area is 200 Å². The van der Waals surface area contributed by atoms with Crippen molar-refractivity contribution >= 4 is 23.0 Å². The molecule has 0 spiro atoms. The zero-order valence-electron chi connectivity index (χ0n) is 19.2. The number of anilines is 3. The summed E-state index contributed by atoms with van der Waals surface area (Å²) >= 11 is 0. The Hall–Kier alpha value is -4.31. The molecule has 4 rings (SSSR count). The van der Waals surface area contributed by atoms with E-state index in [1.165, 1.54) is 0 Å². The van der Waals surface area contributed by atoms with Crippen molar-refractivity contribution in [1.29, 1.82) is 0 Å². The summed E-state index contributed by atoms with van der Waals surface area (Å²) in [7, 11) is 0. The van der Waals surface area contributed by atoms with E-state index in [4.69, 9.17) is 9.47 Å². The normalized spacial score (nSPS) is 10.4. The largest absolute Gasteiger partial charge is 0.493 e. The standard InChI is InChI=1S/C30H27NO3/c1-23(2)30(32)34-29-17-13-24(14-18-29)21-22-33-28-19-15-27(16-20-28)31(25-9-5-3-6-10-25)26-11-7-4-8-12-26/h3-20H,1,21-22H2,2H3. The Bertz CT molecular complexity index is 1180. The number of esters is 1. The zero-order valence-corrected chi connectivity index (χ0v) is 19.2. The number of carbonyl (C=O) groups is 1. The smallest absolute Gasteiger partial charge is 0.338 e. The van der Waals surface area contributed by atoms with Crippen LogP contribution in [0.3, 0.4) is 0 Å². The van der Waals surface area contributed by atoms with Crippen molar-refractivity contribution in [2.45, 2.75) is 13.3 Å². The van der Waals surface area contributed by atoms with Gasteiger partial charge in [-0.2, -0.15) is 0 Å². The third-order valence-electron chi connectivity index (χ3n) is 5.27. The van der Waals surface area contributed by atoms with E-state index in [2.05, 4.69) is 47.9 Å². The minimum atomic E-state index is -0.419. The van der Waals surface area contributed by atoms with Gasteiger partial charge in [-0.05, 0) is 73.2 Å². The van der Waals surface area contributed by atoms with Gasteiger partial charge in [0.2, 0.25) is 0 Å². The molecule has 4 aromatic carbocycles. The molecular formula is C30H27NO3. The van der Waals surface area contributed by atoms with E-state index in [1.807, 2.05) is 60.7 Å². The van der Waals surface area contributed by atoms with Crippen molar-refractivity contribution in [2.24, 2.45) is 0 Å². The number of benzene rings is 4. The van der Waals surface area contributed by atoms with Crippen LogP contribution < -0.4 is 14.4 Å². The topological polar surface area (TPSA) is 38.8 Å². The quantitative estimate of drug-likeness (QED) is 0.153. The molecule has 0 unspecified atom stereocenters. The third-order valence-corrected chi connectivity index (χ3v) is 5.27. The van der Waals surface area contributed by atoms with E-state index < -0.39 is 5.97 Å². The molecule has 0 aromatic heterocycles. The van der Waals surface area contributed by atoms with Crippen LogP contribution in [0.5, 0.6) is 11.5 Å². The average molecular weight is 450 g/mol. The van der Waals surface area contributed by atoms with Gasteiger partial charge in [0.25, 0.3) is 0 Å². The molecule has 0 atom stereocenters. The molecule has 0 aliphatic carbocycles. The summed E-state index contributed by atoms with van der Waals surface area (Å²) in [5, 5.41) is 0. The van der Waals surface area contributed by atoms with Gasteiger partial charge in [0.1, 0.15) is 11.5 Å². The van der Waals surface area contributed by atoms with Crippen molar-refractivity contribution in [3.63, 3.8) is 0 Å². The highest BCUT2D eigenvalue weighted by atomic mass is 16.5. The van der Waals surface area contributed by atoms with Crippen LogP contribution in [-0.4, -0.2) is 12.6 Å². The van der Waals surface area contributed by atoms with Gasteiger partial charge in [-0.15, -0.1) is 0 Å². The fourth-order valence-corrected chi connectivity index (χ4v) is 3.50. The number of para-hydroxylation sites is 2. The number of hydrogen-bond acceptors (Lipinski definition) is 4. The maximum atomic E-state index is 11.6. The van der Waals surface area contributed by atoms with Crippen molar-refractivity contribution in [3.8, 4) is 11.5 Å². The predicted molar refractivity (Wildman–Crippen MR) is 137 cm³/mol. The molecule has 34 heavy (non-hydrogen) atoms. The highest BCUT2D eigenvalue weighted by Crippen LogP contribution is 2.34. The highest BCUT2D eigenvalue weighted by molar-refractivity contribution is 5.88. The van der Waals surface area contributed by atoms with Crippen LogP contribution in [-0.2, 0) is 11.2 Å². The van der Waals surface area contributed by atoms with Gasteiger partial charge in [0, 0.05) is 29.1 Å². The summed E-state index contributed by atoms with van der Waals surface area (Å²) < 4.78 is 11.2. The van der Waals surface area contributed by atoms with E-state index in [-0.39, 0.29) is 0 Å². The fourth-order valence-electron chi connectivity index (χ4n) is 3.50. The summed E-state index contributed by atoms with van der Waals surface area (Å²) in [5.74, 6) is 0.907. The molecule has 4 heteroatoms. The zero-order chi connectivity index (χ0) is 23.8. The van der Waals surface area contributed by atoms with Crippen molar-refractivity contribution in [1.82, 2.24) is 0 Å². The third kappa shape index (κ3) is 5.93. The van der Waals surface area contributed by atoms with Crippen LogP contribution in [0.4, 0.5) is 17.1 Å². The molecule has 4 nitrogen and oxygen atoms in total. The Morgan fingerprint density at radius 1 is 0.706 bits per heavy atom. The lowest BCUT2D eigenvalue weighted by atomic mass is 10.1. The van der Waals surface area contributed by atoms with Gasteiger partial charge in [-0.3, -0.25) is 0 Å². The van der Waals surface area contributed by atoms with Crippen LogP contribution >= 0.6 is 0 Å². The maximum Gasteiger partial charge on any atom is 0.338 e. The summed E-state index contributed by atoms with van der Waals surface area (Å²) in [5.41, 5.74) is 4.73. The molecule has 0 saturated carbocycles. The number of ether oxygens (including phenoxy) is 2. The molecule has 4 aromatic rings. The second-order valence-corrected chi connectivity index (χ2v) is 7.91. The van der Waals surface area contributed by atoms with Gasteiger partial charge < -0.3 is 14.4 Å². The lowest BCUT2D eigenvalue weighted by Crippen LogP contribution is -2.09. The van der Waals surface area contributed by atoms with Crippen molar-refractivity contribution in [2.75, 3.05) is 11.5 Å². The van der Waals surface area contributed by atoms with Crippen LogP contribution in [0.25, 0.3) is 0 Å². The monoisotopic (exact) mass is 449 g/mol. The molecule has 0 heterocycles. The first kappa shape index (κ1) is 22.9. The molecule has 0 N–H and O–H groups in total. The van der Waals surface area contributed by atoms with Gasteiger partial charge in [0.15, 0.2) is 0 Å². The summed E-state index contributed by atoms with van der Waals surface area (Å²) in [6.45, 7) is 5.76. The highest BCUT2D eigenvalue weighted by Gasteiger charge is 2.11. The maximum absolute atomic E-state index is 11.6. The minimum Gasteiger partial charge on any atom is -0.493 e. The lowest BCUT2D eigenvalue weighted by Gasteiger charge is -2.25. The Morgan fingerprint density at radius 2 is 1.21 bits per heavy atom. The second-order valence-electron chi connectivity index (χ2n) is 7.91. The molecule has 0 aliphatic rings. The molecule has 0 fully saturated rings. The summed E-state index contributed by atoms with van der Waals surface area (Å²) in [4.78, 5) is 13.8. The lowest BCUT2D eigenvalue weighted by molar-refractivity contribution is -0.130. The average Bonchev–Trinajstić information content (AvgIpc) is 2.87. The molecule has 170 valence electrons. The summed E-state index contributed by atoms with van der Waals surface area (Å²) in [6.07, 6.45) is 0.747. The molecule has 0 amide bonds. The number of nitrogens with zero attached hydrogens (tertiary/aromatic N) is 1. The van der Waals surface area contributed by atoms with Gasteiger partial charge in [0.05, 0.1) is 6.61 Å². The number of rotatable bonds is 9.